The van der Waals surface area contributed by atoms with Crippen molar-refractivity contribution in [3.8, 4) is 0 Å². The molecule has 2 nitrogen and oxygen atoms in total. The summed E-state index contributed by atoms with van der Waals surface area (Å²) in [4.78, 5) is 0. The largest absolute Gasteiger partial charge is 0.389 e. The minimum atomic E-state index is -0.380. The van der Waals surface area contributed by atoms with Crippen molar-refractivity contribution in [1.82, 2.24) is 4.57 Å². The molecule has 0 saturated heterocycles. The topological polar surface area (TPSA) is 25.2 Å². The number of rotatable bonds is 3. The molecule has 1 heterocycles. The van der Waals surface area contributed by atoms with Gasteiger partial charge in [-0.05, 0) is 54.8 Å². The van der Waals surface area contributed by atoms with Gasteiger partial charge in [0.25, 0.3) is 0 Å². The van der Waals surface area contributed by atoms with Gasteiger partial charge < -0.3 is 9.67 Å². The molecule has 1 aliphatic rings. The summed E-state index contributed by atoms with van der Waals surface area (Å²) in [6, 6.07) is 8.41. The van der Waals surface area contributed by atoms with Crippen molar-refractivity contribution >= 4 is 10.9 Å². The predicted molar refractivity (Wildman–Crippen MR) is 69.9 cm³/mol. The first-order valence-corrected chi connectivity index (χ1v) is 6.51. The first kappa shape index (κ1) is 10.8. The van der Waals surface area contributed by atoms with Crippen LogP contribution in [0.25, 0.3) is 10.9 Å². The molecular weight excluding hydrogens is 210 g/mol. The van der Waals surface area contributed by atoms with E-state index in [1.807, 2.05) is 13.0 Å². The molecule has 2 heteroatoms. The molecule has 2 aromatic rings. The van der Waals surface area contributed by atoms with Crippen LogP contribution in [0.3, 0.4) is 0 Å². The lowest BCUT2D eigenvalue weighted by Gasteiger charge is -2.26. The first-order chi connectivity index (χ1) is 8.24. The van der Waals surface area contributed by atoms with Crippen LogP contribution in [-0.2, 0) is 6.54 Å². The van der Waals surface area contributed by atoms with Crippen molar-refractivity contribution in [1.29, 1.82) is 0 Å². The summed E-state index contributed by atoms with van der Waals surface area (Å²) in [5.41, 5.74) is 2.29. The molecule has 1 fully saturated rings. The number of aliphatic hydroxyl groups is 1. The Bertz CT molecular complexity index is 523. The van der Waals surface area contributed by atoms with Gasteiger partial charge >= 0.3 is 0 Å². The zero-order chi connectivity index (χ0) is 11.8. The fraction of sp³-hybridized carbons (Fsp3) is 0.467. The van der Waals surface area contributed by atoms with Crippen molar-refractivity contribution in [3.63, 3.8) is 0 Å². The first-order valence-electron chi connectivity index (χ1n) is 6.51. The highest BCUT2D eigenvalue weighted by molar-refractivity contribution is 5.81. The van der Waals surface area contributed by atoms with E-state index in [0.29, 0.717) is 0 Å². The Kier molecular flexibility index (Phi) is 2.67. The van der Waals surface area contributed by atoms with Gasteiger partial charge in [0.15, 0.2) is 0 Å². The van der Waals surface area contributed by atoms with Crippen LogP contribution >= 0.6 is 0 Å². The molecule has 1 atom stereocenters. The number of aromatic nitrogens is 1. The highest BCUT2D eigenvalue weighted by atomic mass is 16.3. The molecular formula is C15H19NO. The smallest absolute Gasteiger partial charge is 0.0762 e. The lowest BCUT2D eigenvalue weighted by atomic mass is 9.85. The van der Waals surface area contributed by atoms with Crippen molar-refractivity contribution in [2.24, 2.45) is 5.92 Å². The van der Waals surface area contributed by atoms with E-state index in [1.165, 1.54) is 30.2 Å². The zero-order valence-corrected chi connectivity index (χ0v) is 10.3. The Labute approximate surface area is 102 Å². The van der Waals surface area contributed by atoms with Crippen LogP contribution in [0.4, 0.5) is 0 Å². The molecule has 1 aromatic carbocycles. The van der Waals surface area contributed by atoms with Crippen LogP contribution in [0, 0.1) is 5.92 Å². The van der Waals surface area contributed by atoms with Crippen molar-refractivity contribution in [3.05, 3.63) is 36.0 Å². The van der Waals surface area contributed by atoms with E-state index in [-0.39, 0.29) is 6.10 Å². The molecule has 1 N–H and O–H groups in total. The minimum absolute atomic E-state index is 0.380. The third-order valence-electron chi connectivity index (χ3n) is 3.96. The summed E-state index contributed by atoms with van der Waals surface area (Å²) in [5, 5.41) is 10.8. The highest BCUT2D eigenvalue weighted by Crippen LogP contribution is 2.30. The molecule has 1 saturated carbocycles. The number of nitrogens with zero attached hydrogens (tertiary/aromatic N) is 1. The van der Waals surface area contributed by atoms with Gasteiger partial charge in [0.1, 0.15) is 0 Å². The van der Waals surface area contributed by atoms with E-state index in [0.717, 1.165) is 18.0 Å². The molecule has 17 heavy (non-hydrogen) atoms. The van der Waals surface area contributed by atoms with Gasteiger partial charge in [0.2, 0.25) is 0 Å². The molecule has 0 bridgehead atoms. The summed E-state index contributed by atoms with van der Waals surface area (Å²) in [7, 11) is 0. The van der Waals surface area contributed by atoms with Crippen LogP contribution in [0.1, 0.15) is 37.9 Å². The van der Waals surface area contributed by atoms with Gasteiger partial charge in [-0.2, -0.15) is 0 Å². The van der Waals surface area contributed by atoms with E-state index in [2.05, 4.69) is 29.0 Å². The van der Waals surface area contributed by atoms with Crippen molar-refractivity contribution in [2.45, 2.75) is 38.8 Å². The Morgan fingerprint density at radius 2 is 2.18 bits per heavy atom. The average Bonchev–Trinajstić information content (AvgIpc) is 2.65. The van der Waals surface area contributed by atoms with E-state index in [9.17, 15) is 5.11 Å². The van der Waals surface area contributed by atoms with E-state index >= 15 is 0 Å². The Morgan fingerprint density at radius 1 is 1.35 bits per heavy atom. The second kappa shape index (κ2) is 4.19. The molecule has 1 unspecified atom stereocenters. The Hall–Kier alpha value is -1.28. The van der Waals surface area contributed by atoms with Gasteiger partial charge in [-0.25, -0.2) is 0 Å². The summed E-state index contributed by atoms with van der Waals surface area (Å²) in [5.74, 6) is 0.877. The van der Waals surface area contributed by atoms with Gasteiger partial charge in [0.05, 0.1) is 6.10 Å². The van der Waals surface area contributed by atoms with Crippen LogP contribution in [0.2, 0.25) is 0 Å². The molecule has 90 valence electrons. The molecule has 0 radical (unpaired) electrons. The average molecular weight is 229 g/mol. The maximum atomic E-state index is 9.58. The van der Waals surface area contributed by atoms with Crippen molar-refractivity contribution in [2.75, 3.05) is 0 Å². The summed E-state index contributed by atoms with van der Waals surface area (Å²) < 4.78 is 2.35. The monoisotopic (exact) mass is 229 g/mol. The fourth-order valence-electron chi connectivity index (χ4n) is 2.59. The Balaban J connectivity index is 1.92. The molecule has 3 rings (SSSR count). The second-order valence-corrected chi connectivity index (χ2v) is 5.26. The van der Waals surface area contributed by atoms with E-state index < -0.39 is 0 Å². The second-order valence-electron chi connectivity index (χ2n) is 5.26. The number of hydrogen-bond donors (Lipinski definition) is 1. The lowest BCUT2D eigenvalue weighted by molar-refractivity contribution is 0.199. The standard InChI is InChI=1S/C15H19NO/c1-11(17)13-5-6-15-14(9-13)7-8-16(15)10-12-3-2-4-12/h5-9,11-12,17H,2-4,10H2,1H3. The van der Waals surface area contributed by atoms with Crippen LogP contribution in [0.5, 0.6) is 0 Å². The lowest BCUT2D eigenvalue weighted by Crippen LogP contribution is -2.17. The molecule has 0 spiro atoms. The Morgan fingerprint density at radius 3 is 2.82 bits per heavy atom. The van der Waals surface area contributed by atoms with E-state index in [1.54, 1.807) is 0 Å². The fourth-order valence-corrected chi connectivity index (χ4v) is 2.59. The van der Waals surface area contributed by atoms with E-state index in [4.69, 9.17) is 0 Å². The van der Waals surface area contributed by atoms with Gasteiger partial charge in [-0.1, -0.05) is 12.5 Å². The van der Waals surface area contributed by atoms with Crippen LogP contribution in [0.15, 0.2) is 30.5 Å². The van der Waals surface area contributed by atoms with Crippen LogP contribution < -0.4 is 0 Å². The van der Waals surface area contributed by atoms with Gasteiger partial charge in [-0.3, -0.25) is 0 Å². The quantitative estimate of drug-likeness (QED) is 0.856. The molecule has 1 aliphatic carbocycles. The zero-order valence-electron chi connectivity index (χ0n) is 10.3. The summed E-state index contributed by atoms with van der Waals surface area (Å²) >= 11 is 0. The molecule has 0 aliphatic heterocycles. The summed E-state index contributed by atoms with van der Waals surface area (Å²) in [6.45, 7) is 2.96. The molecule has 1 aromatic heterocycles. The van der Waals surface area contributed by atoms with Crippen LogP contribution in [-0.4, -0.2) is 9.67 Å². The van der Waals surface area contributed by atoms with Gasteiger partial charge in [0, 0.05) is 18.3 Å². The number of aliphatic hydroxyl groups excluding tert-OH is 1. The molecule has 0 amide bonds. The number of hydrogen-bond acceptors (Lipinski definition) is 1. The predicted octanol–water partition coefficient (Wildman–Crippen LogP) is 3.49. The minimum Gasteiger partial charge on any atom is -0.389 e. The number of fused-ring (bicyclic) bond motifs is 1. The third kappa shape index (κ3) is 1.98. The maximum absolute atomic E-state index is 9.58. The SMILES string of the molecule is CC(O)c1ccc2c(ccn2CC2CCC2)c1. The normalized spacial score (nSPS) is 18.2. The van der Waals surface area contributed by atoms with Crippen molar-refractivity contribution < 1.29 is 5.11 Å². The number of benzene rings is 1. The summed E-state index contributed by atoms with van der Waals surface area (Å²) in [6.07, 6.45) is 5.95. The highest BCUT2D eigenvalue weighted by Gasteiger charge is 2.18. The third-order valence-corrected chi connectivity index (χ3v) is 3.96. The maximum Gasteiger partial charge on any atom is 0.0762 e. The van der Waals surface area contributed by atoms with Gasteiger partial charge in [-0.15, -0.1) is 0 Å².